The van der Waals surface area contributed by atoms with Crippen LogP contribution < -0.4 is 0 Å². The van der Waals surface area contributed by atoms with Crippen LogP contribution in [0.5, 0.6) is 0 Å². The van der Waals surface area contributed by atoms with Gasteiger partial charge in [0, 0.05) is 5.04 Å². The second-order valence-electron chi connectivity index (χ2n) is 6.20. The van der Waals surface area contributed by atoms with Crippen molar-refractivity contribution in [3.8, 4) is 0 Å². The van der Waals surface area contributed by atoms with Crippen LogP contribution in [-0.2, 0) is 19.6 Å². The van der Waals surface area contributed by atoms with E-state index in [2.05, 4.69) is 21.7 Å². The highest BCUT2D eigenvalue weighted by Crippen LogP contribution is 2.22. The highest BCUT2D eigenvalue weighted by atomic mass is 17.5. The third-order valence-corrected chi connectivity index (χ3v) is 4.66. The number of rotatable bonds is 8. The lowest BCUT2D eigenvalue weighted by molar-refractivity contribution is -0.454. The number of hydrogen-bond acceptors (Lipinski definition) is 5. The van der Waals surface area contributed by atoms with E-state index in [9.17, 15) is 9.59 Å². The molecule has 0 aliphatic carbocycles. The van der Waals surface area contributed by atoms with Gasteiger partial charge < -0.3 is 0 Å². The van der Waals surface area contributed by atoms with Gasteiger partial charge in [0.15, 0.2) is 0 Å². The maximum Gasteiger partial charge on any atom is 0.377 e. The number of carbonyl (C=O) groups is 2. The molecule has 0 aliphatic rings. The van der Waals surface area contributed by atoms with Crippen LogP contribution in [0.4, 0.5) is 0 Å². The topological polar surface area (TPSA) is 61.8 Å². The predicted molar refractivity (Wildman–Crippen MR) is 91.3 cm³/mol. The second-order valence-corrected chi connectivity index (χ2v) is 6.20. The minimum absolute atomic E-state index is 0.241. The van der Waals surface area contributed by atoms with Gasteiger partial charge in [-0.1, -0.05) is 26.7 Å². The molecule has 134 valence electrons. The molecule has 0 saturated carbocycles. The van der Waals surface area contributed by atoms with Crippen molar-refractivity contribution in [3.05, 3.63) is 33.9 Å². The van der Waals surface area contributed by atoms with Gasteiger partial charge in [-0.2, -0.15) is 0 Å². The van der Waals surface area contributed by atoms with E-state index in [1.165, 1.54) is 0 Å². The summed E-state index contributed by atoms with van der Waals surface area (Å²) in [6.45, 7) is 11.7. The maximum atomic E-state index is 12.1. The zero-order chi connectivity index (χ0) is 18.3. The van der Waals surface area contributed by atoms with Crippen LogP contribution in [0.2, 0.25) is 0 Å². The minimum Gasteiger partial charge on any atom is -0.259 e. The summed E-state index contributed by atoms with van der Waals surface area (Å²) in [5, 5.41) is 4.44. The highest BCUT2D eigenvalue weighted by molar-refractivity contribution is 5.91. The molecule has 0 aromatic heterocycles. The molecule has 0 N–H and O–H groups in total. The molecule has 1 rings (SSSR count). The Bertz CT molecular complexity index is 592. The van der Waals surface area contributed by atoms with Crippen LogP contribution in [0.3, 0.4) is 0 Å². The molecular formula is C19H28O5. The van der Waals surface area contributed by atoms with E-state index >= 15 is 0 Å². The van der Waals surface area contributed by atoms with Crippen molar-refractivity contribution in [2.75, 3.05) is 0 Å². The average Bonchev–Trinajstić information content (AvgIpc) is 2.56. The first kappa shape index (κ1) is 20.2. The van der Waals surface area contributed by atoms with Crippen LogP contribution in [0, 0.1) is 33.6 Å². The zero-order valence-electron chi connectivity index (χ0n) is 15.5. The fourth-order valence-electron chi connectivity index (χ4n) is 2.56. The average molecular weight is 336 g/mol. The summed E-state index contributed by atoms with van der Waals surface area (Å²) in [6, 6.07) is 1.75. The van der Waals surface area contributed by atoms with E-state index in [0.29, 0.717) is 12.0 Å². The maximum absolute atomic E-state index is 12.1. The van der Waals surface area contributed by atoms with Crippen molar-refractivity contribution < 1.29 is 24.4 Å². The van der Waals surface area contributed by atoms with Gasteiger partial charge >= 0.3 is 11.9 Å². The van der Waals surface area contributed by atoms with Gasteiger partial charge in [-0.25, -0.2) is 9.59 Å². The molecule has 0 bridgehead atoms. The summed E-state index contributed by atoms with van der Waals surface area (Å²) in [5.41, 5.74) is 4.40. The van der Waals surface area contributed by atoms with Gasteiger partial charge in [0.05, 0.1) is 11.5 Å². The van der Waals surface area contributed by atoms with E-state index in [4.69, 9.17) is 0 Å². The molecule has 0 aliphatic heterocycles. The Hall–Kier alpha value is -1.88. The van der Waals surface area contributed by atoms with Gasteiger partial charge in [0.25, 0.3) is 0 Å². The fourth-order valence-corrected chi connectivity index (χ4v) is 2.56. The lowest BCUT2D eigenvalue weighted by Crippen LogP contribution is -2.19. The third-order valence-electron chi connectivity index (χ3n) is 4.66. The SMILES string of the molecule is CCCCC(CC)C(=O)OOOC(=O)c1cc(C)c(C)c(C)c1C. The Morgan fingerprint density at radius 1 is 1.00 bits per heavy atom. The first-order valence-electron chi connectivity index (χ1n) is 8.50. The summed E-state index contributed by atoms with van der Waals surface area (Å²) < 4.78 is 0. The predicted octanol–water partition coefficient (Wildman–Crippen LogP) is 4.68. The standard InChI is InChI=1S/C19H28O5/c1-7-9-10-16(8-2)18(20)22-24-23-19(21)17-11-12(3)13(4)14(5)15(17)6/h11,16H,7-10H2,1-6H3. The van der Waals surface area contributed by atoms with Gasteiger partial charge in [-0.15, -0.1) is 0 Å². The fraction of sp³-hybridized carbons (Fsp3) is 0.579. The van der Waals surface area contributed by atoms with Crippen LogP contribution in [0.15, 0.2) is 6.07 Å². The lowest BCUT2D eigenvalue weighted by atomic mass is 9.95. The van der Waals surface area contributed by atoms with Crippen LogP contribution in [0.1, 0.15) is 72.1 Å². The molecule has 1 aromatic carbocycles. The molecule has 1 unspecified atom stereocenters. The van der Waals surface area contributed by atoms with E-state index in [1.54, 1.807) is 6.07 Å². The minimum atomic E-state index is -0.673. The van der Waals surface area contributed by atoms with Gasteiger partial charge in [-0.05, 0) is 68.9 Å². The van der Waals surface area contributed by atoms with Crippen molar-refractivity contribution in [2.24, 2.45) is 5.92 Å². The summed E-state index contributed by atoms with van der Waals surface area (Å²) in [4.78, 5) is 33.3. The Labute approximate surface area is 144 Å². The molecule has 1 atom stereocenters. The highest BCUT2D eigenvalue weighted by Gasteiger charge is 2.21. The number of benzene rings is 1. The molecule has 0 heterocycles. The molecule has 0 radical (unpaired) electrons. The van der Waals surface area contributed by atoms with E-state index < -0.39 is 11.9 Å². The largest absolute Gasteiger partial charge is 0.377 e. The molecule has 0 fully saturated rings. The molecule has 0 spiro atoms. The summed E-state index contributed by atoms with van der Waals surface area (Å²) in [5.74, 6) is -1.42. The van der Waals surface area contributed by atoms with E-state index in [0.717, 1.165) is 41.5 Å². The summed E-state index contributed by atoms with van der Waals surface area (Å²) in [6.07, 6.45) is 3.34. The summed E-state index contributed by atoms with van der Waals surface area (Å²) >= 11 is 0. The van der Waals surface area contributed by atoms with Crippen LogP contribution in [0.25, 0.3) is 0 Å². The van der Waals surface area contributed by atoms with Crippen molar-refractivity contribution in [3.63, 3.8) is 0 Å². The number of unbranched alkanes of at least 4 members (excludes halogenated alkanes) is 1. The van der Waals surface area contributed by atoms with Crippen molar-refractivity contribution in [2.45, 2.75) is 67.2 Å². The molecule has 24 heavy (non-hydrogen) atoms. The first-order chi connectivity index (χ1) is 11.3. The Balaban J connectivity index is 2.63. The van der Waals surface area contributed by atoms with Gasteiger partial charge in [0.2, 0.25) is 0 Å². The van der Waals surface area contributed by atoms with Crippen molar-refractivity contribution in [1.29, 1.82) is 0 Å². The zero-order valence-corrected chi connectivity index (χ0v) is 15.5. The van der Waals surface area contributed by atoms with Gasteiger partial charge in [0.1, 0.15) is 0 Å². The van der Waals surface area contributed by atoms with E-state index in [1.807, 2.05) is 34.6 Å². The number of aryl methyl sites for hydroxylation is 1. The second kappa shape index (κ2) is 9.42. The smallest absolute Gasteiger partial charge is 0.259 e. The third kappa shape index (κ3) is 5.06. The molecule has 0 amide bonds. The van der Waals surface area contributed by atoms with Crippen LogP contribution >= 0.6 is 0 Å². The summed E-state index contributed by atoms with van der Waals surface area (Å²) in [7, 11) is 0. The molecular weight excluding hydrogens is 308 g/mol. The van der Waals surface area contributed by atoms with E-state index in [-0.39, 0.29) is 5.92 Å². The van der Waals surface area contributed by atoms with Gasteiger partial charge in [-0.3, -0.25) is 9.78 Å². The molecule has 1 aromatic rings. The monoisotopic (exact) mass is 336 g/mol. The Morgan fingerprint density at radius 2 is 1.67 bits per heavy atom. The molecule has 5 heteroatoms. The number of hydrogen-bond donors (Lipinski definition) is 0. The quantitative estimate of drug-likeness (QED) is 0.509. The normalized spacial score (nSPS) is 11.9. The molecule has 0 saturated heterocycles. The number of carbonyl (C=O) groups excluding carboxylic acids is 2. The first-order valence-corrected chi connectivity index (χ1v) is 8.50. The Morgan fingerprint density at radius 3 is 2.25 bits per heavy atom. The van der Waals surface area contributed by atoms with Crippen molar-refractivity contribution in [1.82, 2.24) is 0 Å². The molecule has 5 nitrogen and oxygen atoms in total. The lowest BCUT2D eigenvalue weighted by Gasteiger charge is -2.13. The van der Waals surface area contributed by atoms with Crippen LogP contribution in [-0.4, -0.2) is 11.9 Å². The van der Waals surface area contributed by atoms with Crippen molar-refractivity contribution >= 4 is 11.9 Å². The Kier molecular flexibility index (Phi) is 7.92.